The summed E-state index contributed by atoms with van der Waals surface area (Å²) in [6.07, 6.45) is 3.85. The molecule has 2 rings (SSSR count). The first kappa shape index (κ1) is 11.4. The zero-order valence-electron chi connectivity index (χ0n) is 9.39. The van der Waals surface area contributed by atoms with Crippen molar-refractivity contribution in [3.63, 3.8) is 0 Å². The molecule has 3 nitrogen and oxygen atoms in total. The van der Waals surface area contributed by atoms with E-state index in [4.69, 9.17) is 0 Å². The standard InChI is InChI=1S/C13H19NO2/c15-12-6-3-4-10(8-12)13(16)9-11-5-1-2-7-14-11/h3-4,6,8,11,13-16H,1-2,5,7,9H2. The highest BCUT2D eigenvalue weighted by Crippen LogP contribution is 2.24. The number of hydrogen-bond donors (Lipinski definition) is 3. The number of aliphatic hydroxyl groups excluding tert-OH is 1. The third-order valence-corrected chi connectivity index (χ3v) is 3.18. The van der Waals surface area contributed by atoms with Gasteiger partial charge in [0.25, 0.3) is 0 Å². The summed E-state index contributed by atoms with van der Waals surface area (Å²) in [4.78, 5) is 0. The predicted molar refractivity (Wildman–Crippen MR) is 63.3 cm³/mol. The van der Waals surface area contributed by atoms with Gasteiger partial charge in [0.1, 0.15) is 5.75 Å². The SMILES string of the molecule is Oc1cccc(C(O)CC2CCCCN2)c1. The molecule has 1 fully saturated rings. The summed E-state index contributed by atoms with van der Waals surface area (Å²) in [7, 11) is 0. The fourth-order valence-corrected chi connectivity index (χ4v) is 2.26. The van der Waals surface area contributed by atoms with Gasteiger partial charge >= 0.3 is 0 Å². The first-order valence-electron chi connectivity index (χ1n) is 5.96. The van der Waals surface area contributed by atoms with Gasteiger partial charge in [-0.2, -0.15) is 0 Å². The van der Waals surface area contributed by atoms with Crippen molar-refractivity contribution < 1.29 is 10.2 Å². The van der Waals surface area contributed by atoms with Crippen LogP contribution in [0.15, 0.2) is 24.3 Å². The number of nitrogens with one attached hydrogen (secondary N) is 1. The molecule has 3 heteroatoms. The normalized spacial score (nSPS) is 22.9. The molecule has 16 heavy (non-hydrogen) atoms. The van der Waals surface area contributed by atoms with Crippen molar-refractivity contribution in [3.8, 4) is 5.75 Å². The lowest BCUT2D eigenvalue weighted by Gasteiger charge is -2.25. The van der Waals surface area contributed by atoms with Crippen molar-refractivity contribution in [1.29, 1.82) is 0 Å². The summed E-state index contributed by atoms with van der Waals surface area (Å²) in [5, 5.41) is 22.8. The molecule has 0 amide bonds. The van der Waals surface area contributed by atoms with Crippen LogP contribution in [-0.2, 0) is 0 Å². The summed E-state index contributed by atoms with van der Waals surface area (Å²) in [6, 6.07) is 7.28. The van der Waals surface area contributed by atoms with Gasteiger partial charge in [0.2, 0.25) is 0 Å². The summed E-state index contributed by atoms with van der Waals surface area (Å²) in [5.41, 5.74) is 0.798. The number of phenolic OH excluding ortho intramolecular Hbond substituents is 1. The molecular weight excluding hydrogens is 202 g/mol. The Bertz CT molecular complexity index is 334. The van der Waals surface area contributed by atoms with Gasteiger partial charge in [-0.15, -0.1) is 0 Å². The largest absolute Gasteiger partial charge is 0.508 e. The monoisotopic (exact) mass is 221 g/mol. The van der Waals surface area contributed by atoms with E-state index in [0.29, 0.717) is 6.04 Å². The number of hydrogen-bond acceptors (Lipinski definition) is 3. The zero-order chi connectivity index (χ0) is 11.4. The van der Waals surface area contributed by atoms with Gasteiger partial charge < -0.3 is 15.5 Å². The lowest BCUT2D eigenvalue weighted by molar-refractivity contribution is 0.144. The molecule has 88 valence electrons. The van der Waals surface area contributed by atoms with E-state index in [1.165, 1.54) is 12.8 Å². The Labute approximate surface area is 96.1 Å². The fraction of sp³-hybridized carbons (Fsp3) is 0.538. The molecule has 0 aliphatic carbocycles. The van der Waals surface area contributed by atoms with E-state index in [0.717, 1.165) is 24.9 Å². The Balaban J connectivity index is 1.94. The number of aromatic hydroxyl groups is 1. The van der Waals surface area contributed by atoms with Crippen LogP contribution in [0.2, 0.25) is 0 Å². The molecule has 0 bridgehead atoms. The second kappa shape index (κ2) is 5.32. The fourth-order valence-electron chi connectivity index (χ4n) is 2.26. The maximum Gasteiger partial charge on any atom is 0.115 e. The molecule has 0 saturated carbocycles. The lowest BCUT2D eigenvalue weighted by atomic mass is 9.96. The van der Waals surface area contributed by atoms with E-state index in [-0.39, 0.29) is 5.75 Å². The van der Waals surface area contributed by atoms with Crippen LogP contribution in [0, 0.1) is 0 Å². The second-order valence-electron chi connectivity index (χ2n) is 4.49. The van der Waals surface area contributed by atoms with Gasteiger partial charge in [-0.05, 0) is 43.5 Å². The first-order valence-corrected chi connectivity index (χ1v) is 5.96. The highest BCUT2D eigenvalue weighted by Gasteiger charge is 2.18. The third kappa shape index (κ3) is 2.97. The van der Waals surface area contributed by atoms with Crippen molar-refractivity contribution in [1.82, 2.24) is 5.32 Å². The molecule has 1 aromatic carbocycles. The van der Waals surface area contributed by atoms with Crippen LogP contribution in [0.25, 0.3) is 0 Å². The van der Waals surface area contributed by atoms with E-state index >= 15 is 0 Å². The van der Waals surface area contributed by atoms with E-state index in [2.05, 4.69) is 5.32 Å². The van der Waals surface area contributed by atoms with Crippen molar-refractivity contribution in [2.75, 3.05) is 6.54 Å². The minimum atomic E-state index is -0.484. The van der Waals surface area contributed by atoms with E-state index in [9.17, 15) is 10.2 Å². The van der Waals surface area contributed by atoms with Gasteiger partial charge in [0.05, 0.1) is 6.10 Å². The van der Waals surface area contributed by atoms with E-state index in [1.54, 1.807) is 18.2 Å². The average Bonchev–Trinajstić information content (AvgIpc) is 2.30. The molecule has 2 unspecified atom stereocenters. The summed E-state index contributed by atoms with van der Waals surface area (Å²) >= 11 is 0. The van der Waals surface area contributed by atoms with Crippen molar-refractivity contribution in [2.24, 2.45) is 0 Å². The first-order chi connectivity index (χ1) is 7.75. The van der Waals surface area contributed by atoms with Crippen LogP contribution in [-0.4, -0.2) is 22.8 Å². The Hall–Kier alpha value is -1.06. The average molecular weight is 221 g/mol. The van der Waals surface area contributed by atoms with Crippen LogP contribution < -0.4 is 5.32 Å². The number of piperidine rings is 1. The predicted octanol–water partition coefficient (Wildman–Crippen LogP) is 1.96. The molecule has 1 heterocycles. The van der Waals surface area contributed by atoms with Crippen LogP contribution in [0.5, 0.6) is 5.75 Å². The molecule has 0 radical (unpaired) electrons. The Kier molecular flexibility index (Phi) is 3.80. The molecule has 1 aromatic rings. The van der Waals surface area contributed by atoms with Gasteiger partial charge in [-0.1, -0.05) is 18.6 Å². The summed E-state index contributed by atoms with van der Waals surface area (Å²) in [5.74, 6) is 0.216. The van der Waals surface area contributed by atoms with Crippen LogP contribution in [0.1, 0.15) is 37.4 Å². The Morgan fingerprint density at radius 3 is 2.94 bits per heavy atom. The van der Waals surface area contributed by atoms with E-state index < -0.39 is 6.10 Å². The lowest BCUT2D eigenvalue weighted by Crippen LogP contribution is -2.35. The molecule has 2 atom stereocenters. The quantitative estimate of drug-likeness (QED) is 0.731. The smallest absolute Gasteiger partial charge is 0.115 e. The zero-order valence-corrected chi connectivity index (χ0v) is 9.39. The molecular formula is C13H19NO2. The number of rotatable bonds is 3. The molecule has 3 N–H and O–H groups in total. The van der Waals surface area contributed by atoms with Crippen LogP contribution in [0.4, 0.5) is 0 Å². The highest BCUT2D eigenvalue weighted by molar-refractivity contribution is 5.28. The van der Waals surface area contributed by atoms with Gasteiger partial charge in [-0.25, -0.2) is 0 Å². The van der Waals surface area contributed by atoms with Crippen molar-refractivity contribution in [2.45, 2.75) is 37.8 Å². The van der Waals surface area contributed by atoms with Gasteiger partial charge in [0, 0.05) is 6.04 Å². The number of aliphatic hydroxyl groups is 1. The van der Waals surface area contributed by atoms with E-state index in [1.807, 2.05) is 6.07 Å². The maximum absolute atomic E-state index is 10.0. The minimum absolute atomic E-state index is 0.216. The van der Waals surface area contributed by atoms with Gasteiger partial charge in [0.15, 0.2) is 0 Å². The molecule has 0 aromatic heterocycles. The third-order valence-electron chi connectivity index (χ3n) is 3.18. The molecule has 1 aliphatic heterocycles. The van der Waals surface area contributed by atoms with Crippen molar-refractivity contribution >= 4 is 0 Å². The van der Waals surface area contributed by atoms with Crippen LogP contribution in [0.3, 0.4) is 0 Å². The van der Waals surface area contributed by atoms with Crippen molar-refractivity contribution in [3.05, 3.63) is 29.8 Å². The number of benzene rings is 1. The summed E-state index contributed by atoms with van der Waals surface area (Å²) < 4.78 is 0. The maximum atomic E-state index is 10.0. The molecule has 1 saturated heterocycles. The number of phenols is 1. The molecule has 1 aliphatic rings. The Morgan fingerprint density at radius 2 is 2.25 bits per heavy atom. The Morgan fingerprint density at radius 1 is 1.38 bits per heavy atom. The van der Waals surface area contributed by atoms with Gasteiger partial charge in [-0.3, -0.25) is 0 Å². The highest BCUT2D eigenvalue weighted by atomic mass is 16.3. The summed E-state index contributed by atoms with van der Waals surface area (Å²) in [6.45, 7) is 1.05. The minimum Gasteiger partial charge on any atom is -0.508 e. The van der Waals surface area contributed by atoms with Crippen LogP contribution >= 0.6 is 0 Å². The topological polar surface area (TPSA) is 52.5 Å². The molecule has 0 spiro atoms. The second-order valence-corrected chi connectivity index (χ2v) is 4.49.